The van der Waals surface area contributed by atoms with Crippen molar-refractivity contribution in [3.8, 4) is 0 Å². The molecule has 0 amide bonds. The van der Waals surface area contributed by atoms with E-state index < -0.39 is 73.0 Å². The average molecular weight is 492 g/mol. The third-order valence-corrected chi connectivity index (χ3v) is 4.61. The molecule has 11 unspecified atom stereocenters. The van der Waals surface area contributed by atoms with Crippen LogP contribution in [0.5, 0.6) is 0 Å². The minimum Gasteiger partial charge on any atom is -0.748 e. The second-order valence-corrected chi connectivity index (χ2v) is 6.67. The molecule has 2 heterocycles. The summed E-state index contributed by atoms with van der Waals surface area (Å²) in [6.07, 6.45) is -14.1. The zero-order valence-electron chi connectivity index (χ0n) is 17.5. The Morgan fingerprint density at radius 2 is 1.55 bits per heavy atom. The smallest absolute Gasteiger partial charge is 0.748 e. The first-order chi connectivity index (χ1) is 13.7. The maximum Gasteiger partial charge on any atom is 1.00 e. The van der Waals surface area contributed by atoms with Crippen LogP contribution in [0.25, 0.3) is 0 Å². The van der Waals surface area contributed by atoms with Gasteiger partial charge in [-0.1, -0.05) is 6.47 Å². The molecule has 170 valence electrons. The molecule has 2 aliphatic heterocycles. The fourth-order valence-electron chi connectivity index (χ4n) is 3.06. The zero-order chi connectivity index (χ0) is 21.7. The van der Waals surface area contributed by atoms with Crippen LogP contribution in [0.1, 0.15) is 6.92 Å². The van der Waals surface area contributed by atoms with Gasteiger partial charge in [-0.15, -0.1) is 4.33 Å². The van der Waals surface area contributed by atoms with Gasteiger partial charge in [0.15, 0.2) is 25.0 Å². The second kappa shape index (κ2) is 15.2. The van der Waals surface area contributed by atoms with Gasteiger partial charge in [-0.2, -0.15) is 0 Å². The molecule has 0 aliphatic carbocycles. The Morgan fingerprint density at radius 1 is 0.903 bits per heavy atom. The monoisotopic (exact) mass is 492 g/mol. The van der Waals surface area contributed by atoms with E-state index >= 15 is 0 Å². The van der Waals surface area contributed by atoms with Gasteiger partial charge in [0.2, 0.25) is 0 Å². The van der Waals surface area contributed by atoms with Gasteiger partial charge in [0.05, 0.1) is 6.10 Å². The molecule has 0 aromatic carbocycles. The molecule has 0 saturated carbocycles. The normalized spacial score (nSPS) is 41.4. The Labute approximate surface area is 224 Å². The van der Waals surface area contributed by atoms with E-state index in [1.165, 1.54) is 21.1 Å². The molecule has 2 saturated heterocycles. The molecular weight excluding hydrogens is 470 g/mol. The molecule has 14 nitrogen and oxygen atoms in total. The third kappa shape index (κ3) is 8.12. The van der Waals surface area contributed by atoms with Crippen molar-refractivity contribution in [3.05, 3.63) is 0 Å². The summed E-state index contributed by atoms with van der Waals surface area (Å²) in [5.74, 6) is 0. The quantitative estimate of drug-likeness (QED) is 0.0903. The number of carbonyl (C=O) groups excluding carboxylic acids is 1. The van der Waals surface area contributed by atoms with Gasteiger partial charge >= 0.3 is 59.1 Å². The minimum atomic E-state index is -3.04. The Kier molecular flexibility index (Phi) is 15.8. The van der Waals surface area contributed by atoms with Gasteiger partial charge in [-0.05, 0) is 6.92 Å². The van der Waals surface area contributed by atoms with Gasteiger partial charge in [-0.25, -0.2) is 9.10 Å². The summed E-state index contributed by atoms with van der Waals surface area (Å²) in [7, 11) is 2.46. The maximum atomic E-state index is 10.6. The van der Waals surface area contributed by atoms with Crippen molar-refractivity contribution in [3.63, 3.8) is 0 Å². The van der Waals surface area contributed by atoms with Crippen molar-refractivity contribution >= 4 is 17.8 Å². The van der Waals surface area contributed by atoms with Gasteiger partial charge < -0.3 is 53.1 Å². The molecule has 0 bridgehead atoms. The largest absolute Gasteiger partial charge is 1.00 e. The summed E-state index contributed by atoms with van der Waals surface area (Å²) in [6.45, 7) is 2.63. The molecule has 31 heavy (non-hydrogen) atoms. The van der Waals surface area contributed by atoms with E-state index in [1.54, 1.807) is 0 Å². The Morgan fingerprint density at radius 3 is 2.06 bits per heavy atom. The minimum absolute atomic E-state index is 0. The Bertz CT molecular complexity index is 561. The molecule has 17 heteroatoms. The SMILES string of the molecule is COC1OC(O[C-]=O)C(OC2OC(C)C(OC)C(OOS(=O)[O-])C2O)C(O)C1O.[Na+].[Na+]. The second-order valence-electron chi connectivity index (χ2n) is 6.13. The van der Waals surface area contributed by atoms with Crippen molar-refractivity contribution in [1.29, 1.82) is 0 Å². The Balaban J connectivity index is 0.00000450. The Hall–Kier alpha value is 1.18. The standard InChI is InChI=1S/C14H23O14S.2Na/c1-5-9(21-2)10(27-28-29(19)20)8(18)13(24-5)25-11-6(16)7(17)12(22-3)26-14(11)23-4-15;;/h5-14,16-18H,1-3H3,(H,19,20);;/q-1;2*+1/p-1. The van der Waals surface area contributed by atoms with E-state index in [0.29, 0.717) is 0 Å². The summed E-state index contributed by atoms with van der Waals surface area (Å²) in [5.41, 5.74) is 0. The van der Waals surface area contributed by atoms with Crippen molar-refractivity contribution in [1.82, 2.24) is 0 Å². The van der Waals surface area contributed by atoms with E-state index in [4.69, 9.17) is 28.6 Å². The first-order valence-corrected chi connectivity index (χ1v) is 9.27. The van der Waals surface area contributed by atoms with Crippen LogP contribution in [0.15, 0.2) is 0 Å². The summed E-state index contributed by atoms with van der Waals surface area (Å²) >= 11 is -3.04. The molecule has 0 aromatic rings. The number of aliphatic hydroxyl groups is 3. The molecule has 2 fully saturated rings. The number of aliphatic hydroxyl groups excluding tert-OH is 3. The fourth-order valence-corrected chi connectivity index (χ4v) is 3.21. The topological polar surface area (TPSA) is 192 Å². The fraction of sp³-hybridized carbons (Fsp3) is 0.929. The average Bonchev–Trinajstić information content (AvgIpc) is 2.68. The molecule has 3 N–H and O–H groups in total. The summed E-state index contributed by atoms with van der Waals surface area (Å²) in [5, 5.41) is 30.9. The molecule has 11 atom stereocenters. The van der Waals surface area contributed by atoms with Gasteiger partial charge in [0.25, 0.3) is 0 Å². The zero-order valence-corrected chi connectivity index (χ0v) is 22.3. The van der Waals surface area contributed by atoms with Crippen LogP contribution in [0, 0.1) is 0 Å². The molecule has 2 aliphatic rings. The van der Waals surface area contributed by atoms with Crippen LogP contribution >= 0.6 is 0 Å². The van der Waals surface area contributed by atoms with E-state index in [2.05, 4.69) is 9.07 Å². The number of hydrogen-bond donors (Lipinski definition) is 3. The number of methoxy groups -OCH3 is 2. The molecule has 0 aromatic heterocycles. The molecule has 2 rings (SSSR count). The third-order valence-electron chi connectivity index (χ3n) is 4.42. The summed E-state index contributed by atoms with van der Waals surface area (Å²) in [4.78, 5) is 15.3. The summed E-state index contributed by atoms with van der Waals surface area (Å²) in [6, 6.07) is 0. The molecule has 0 spiro atoms. The van der Waals surface area contributed by atoms with E-state index in [1.807, 2.05) is 0 Å². The first kappa shape index (κ1) is 32.2. The van der Waals surface area contributed by atoms with Crippen LogP contribution in [0.4, 0.5) is 0 Å². The van der Waals surface area contributed by atoms with Crippen molar-refractivity contribution in [2.24, 2.45) is 0 Å². The van der Waals surface area contributed by atoms with Gasteiger partial charge in [0.1, 0.15) is 41.9 Å². The van der Waals surface area contributed by atoms with Crippen molar-refractivity contribution in [2.45, 2.75) is 68.5 Å². The van der Waals surface area contributed by atoms with E-state index in [9.17, 15) is 28.9 Å². The van der Waals surface area contributed by atoms with Crippen molar-refractivity contribution < 1.29 is 126 Å². The van der Waals surface area contributed by atoms with Crippen LogP contribution in [0.2, 0.25) is 0 Å². The predicted octanol–water partition coefficient (Wildman–Crippen LogP) is -9.25. The van der Waals surface area contributed by atoms with Crippen LogP contribution in [-0.4, -0.2) is 106 Å². The predicted molar refractivity (Wildman–Crippen MR) is 85.4 cm³/mol. The number of hydrogen-bond acceptors (Lipinski definition) is 14. The van der Waals surface area contributed by atoms with E-state index in [0.717, 1.165) is 6.47 Å². The van der Waals surface area contributed by atoms with E-state index in [-0.39, 0.29) is 59.1 Å². The van der Waals surface area contributed by atoms with Crippen LogP contribution < -0.4 is 59.1 Å². The molecular formula is C14H22Na2O14S. The van der Waals surface area contributed by atoms with Crippen LogP contribution in [0.3, 0.4) is 0 Å². The first-order valence-electron chi connectivity index (χ1n) is 8.27. The summed E-state index contributed by atoms with van der Waals surface area (Å²) < 4.78 is 56.0. The molecule has 0 radical (unpaired) electrons. The number of ether oxygens (including phenoxy) is 6. The van der Waals surface area contributed by atoms with Gasteiger partial charge in [-0.3, -0.25) is 0 Å². The van der Waals surface area contributed by atoms with Crippen LogP contribution in [-0.2, 0) is 53.8 Å². The number of rotatable bonds is 9. The van der Waals surface area contributed by atoms with Gasteiger partial charge in [0, 0.05) is 14.2 Å². The maximum absolute atomic E-state index is 10.6. The van der Waals surface area contributed by atoms with Crippen molar-refractivity contribution in [2.75, 3.05) is 14.2 Å².